The number of aromatic nitrogens is 1. The van der Waals surface area contributed by atoms with Crippen molar-refractivity contribution in [3.8, 4) is 6.07 Å². The molecule has 9 heteroatoms. The fourth-order valence-electron chi connectivity index (χ4n) is 1.48. The highest BCUT2D eigenvalue weighted by Gasteiger charge is 2.38. The van der Waals surface area contributed by atoms with Crippen LogP contribution in [0.5, 0.6) is 0 Å². The molecule has 0 spiro atoms. The fraction of sp³-hybridized carbons (Fsp3) is 0.300. The van der Waals surface area contributed by atoms with Crippen LogP contribution >= 0.6 is 0 Å². The minimum Gasteiger partial charge on any atom is -0.481 e. The maximum atomic E-state index is 12.8. The summed E-state index contributed by atoms with van der Waals surface area (Å²) in [5.41, 5.74) is -4.93. The number of aliphatic carboxylic acids is 1. The number of carbonyl (C=O) groups is 1. The zero-order valence-corrected chi connectivity index (χ0v) is 9.00. The van der Waals surface area contributed by atoms with E-state index in [4.69, 9.17) is 10.4 Å². The first-order valence-electron chi connectivity index (χ1n) is 4.67. The Morgan fingerprint density at radius 2 is 2.05 bits per heavy atom. The van der Waals surface area contributed by atoms with E-state index in [1.807, 2.05) is 0 Å². The van der Waals surface area contributed by atoms with E-state index in [0.29, 0.717) is 6.20 Å². The summed E-state index contributed by atoms with van der Waals surface area (Å²) in [6.45, 7) is 0. The van der Waals surface area contributed by atoms with E-state index < -0.39 is 47.4 Å². The van der Waals surface area contributed by atoms with Gasteiger partial charge < -0.3 is 5.11 Å². The van der Waals surface area contributed by atoms with Crippen LogP contribution in [0.2, 0.25) is 0 Å². The Labute approximate surface area is 103 Å². The Balaban J connectivity index is 3.65. The monoisotopic (exact) mass is 280 g/mol. The molecule has 1 rings (SSSR count). The number of nitrogens with zero attached hydrogens (tertiary/aromatic N) is 2. The van der Waals surface area contributed by atoms with E-state index in [1.165, 1.54) is 6.07 Å². The van der Waals surface area contributed by atoms with Crippen LogP contribution in [0.1, 0.15) is 28.8 Å². The summed E-state index contributed by atoms with van der Waals surface area (Å²) in [7, 11) is 0. The average Bonchev–Trinajstić information content (AvgIpc) is 2.25. The number of pyridine rings is 1. The summed E-state index contributed by atoms with van der Waals surface area (Å²) < 4.78 is 63.3. The maximum absolute atomic E-state index is 12.8. The summed E-state index contributed by atoms with van der Waals surface area (Å²) in [6.07, 6.45) is -9.43. The first-order chi connectivity index (χ1) is 8.68. The molecule has 0 aromatic carbocycles. The number of carboxylic acid groups (broad SMARTS) is 1. The van der Waals surface area contributed by atoms with Gasteiger partial charge >= 0.3 is 12.1 Å². The molecule has 1 heterocycles. The zero-order valence-electron chi connectivity index (χ0n) is 9.00. The average molecular weight is 280 g/mol. The lowest BCUT2D eigenvalue weighted by Gasteiger charge is -2.15. The van der Waals surface area contributed by atoms with Gasteiger partial charge in [0.1, 0.15) is 11.8 Å². The van der Waals surface area contributed by atoms with Crippen molar-refractivity contribution in [2.45, 2.75) is 19.0 Å². The normalized spacial score (nSPS) is 11.4. The standard InChI is InChI=1S/C10H5F5N2O2/c11-9(12)7-4(2-16)3-17-8(10(13,14)15)5(7)1-6(18)19/h3,9H,1H2,(H,18,19). The number of alkyl halides is 5. The summed E-state index contributed by atoms with van der Waals surface area (Å²) in [4.78, 5) is 13.4. The molecule has 0 saturated carbocycles. The highest BCUT2D eigenvalue weighted by molar-refractivity contribution is 5.72. The number of nitriles is 1. The highest BCUT2D eigenvalue weighted by Crippen LogP contribution is 2.36. The molecule has 1 aromatic rings. The molecule has 0 aliphatic rings. The maximum Gasteiger partial charge on any atom is 0.433 e. The van der Waals surface area contributed by atoms with E-state index in [-0.39, 0.29) is 0 Å². The van der Waals surface area contributed by atoms with Gasteiger partial charge in [0.05, 0.1) is 12.0 Å². The molecule has 102 valence electrons. The Morgan fingerprint density at radius 1 is 1.47 bits per heavy atom. The lowest BCUT2D eigenvalue weighted by molar-refractivity contribution is -0.142. The second kappa shape index (κ2) is 5.17. The predicted molar refractivity (Wildman–Crippen MR) is 50.3 cm³/mol. The van der Waals surface area contributed by atoms with Crippen LogP contribution in [0.25, 0.3) is 0 Å². The van der Waals surface area contributed by atoms with Crippen molar-refractivity contribution in [3.05, 3.63) is 28.6 Å². The molecular weight excluding hydrogens is 275 g/mol. The predicted octanol–water partition coefficient (Wildman–Crippen LogP) is 2.54. The van der Waals surface area contributed by atoms with Crippen LogP contribution < -0.4 is 0 Å². The first-order valence-corrected chi connectivity index (χ1v) is 4.67. The van der Waals surface area contributed by atoms with Crippen LogP contribution in [0.15, 0.2) is 6.20 Å². The van der Waals surface area contributed by atoms with E-state index in [0.717, 1.165) is 0 Å². The van der Waals surface area contributed by atoms with Gasteiger partial charge in [-0.05, 0) is 0 Å². The summed E-state index contributed by atoms with van der Waals surface area (Å²) >= 11 is 0. The van der Waals surface area contributed by atoms with E-state index >= 15 is 0 Å². The minimum atomic E-state index is -5.08. The van der Waals surface area contributed by atoms with Crippen LogP contribution in [-0.2, 0) is 17.4 Å². The third-order valence-electron chi connectivity index (χ3n) is 2.16. The largest absolute Gasteiger partial charge is 0.481 e. The molecule has 0 aliphatic heterocycles. The number of carboxylic acids is 1. The molecule has 0 aliphatic carbocycles. The molecule has 0 amide bonds. The number of hydrogen-bond donors (Lipinski definition) is 1. The third-order valence-corrected chi connectivity index (χ3v) is 2.16. The van der Waals surface area contributed by atoms with E-state index in [2.05, 4.69) is 4.98 Å². The van der Waals surface area contributed by atoms with Crippen LogP contribution in [0, 0.1) is 11.3 Å². The van der Waals surface area contributed by atoms with Crippen molar-refractivity contribution in [1.82, 2.24) is 4.98 Å². The van der Waals surface area contributed by atoms with Crippen molar-refractivity contribution in [1.29, 1.82) is 5.26 Å². The molecule has 1 N–H and O–H groups in total. The Morgan fingerprint density at radius 3 is 2.42 bits per heavy atom. The van der Waals surface area contributed by atoms with Gasteiger partial charge in [-0.25, -0.2) is 8.78 Å². The summed E-state index contributed by atoms with van der Waals surface area (Å²) in [6, 6.07) is 1.27. The number of rotatable bonds is 3. The molecule has 1 aromatic heterocycles. The van der Waals surface area contributed by atoms with Gasteiger partial charge in [-0.15, -0.1) is 0 Å². The van der Waals surface area contributed by atoms with Gasteiger partial charge in [0, 0.05) is 17.3 Å². The number of halogens is 5. The van der Waals surface area contributed by atoms with Crippen molar-refractivity contribution in [3.63, 3.8) is 0 Å². The molecule has 4 nitrogen and oxygen atoms in total. The van der Waals surface area contributed by atoms with Gasteiger partial charge in [-0.2, -0.15) is 18.4 Å². The molecule has 0 bridgehead atoms. The Kier molecular flexibility index (Phi) is 4.04. The van der Waals surface area contributed by atoms with Gasteiger partial charge in [-0.3, -0.25) is 9.78 Å². The van der Waals surface area contributed by atoms with Crippen molar-refractivity contribution in [2.24, 2.45) is 0 Å². The Bertz CT molecular complexity index is 548. The quantitative estimate of drug-likeness (QED) is 0.863. The van der Waals surface area contributed by atoms with Crippen LogP contribution in [-0.4, -0.2) is 16.1 Å². The molecule has 0 atom stereocenters. The zero-order chi connectivity index (χ0) is 14.8. The van der Waals surface area contributed by atoms with Crippen molar-refractivity contribution >= 4 is 5.97 Å². The molecule has 0 saturated heterocycles. The molecule has 0 fully saturated rings. The van der Waals surface area contributed by atoms with Gasteiger partial charge in [0.2, 0.25) is 0 Å². The lowest BCUT2D eigenvalue weighted by atomic mass is 9.99. The minimum absolute atomic E-state index is 0.357. The van der Waals surface area contributed by atoms with E-state index in [9.17, 15) is 26.7 Å². The topological polar surface area (TPSA) is 74.0 Å². The van der Waals surface area contributed by atoms with Gasteiger partial charge in [0.15, 0.2) is 0 Å². The van der Waals surface area contributed by atoms with Crippen LogP contribution in [0.3, 0.4) is 0 Å². The summed E-state index contributed by atoms with van der Waals surface area (Å²) in [5, 5.41) is 17.1. The summed E-state index contributed by atoms with van der Waals surface area (Å²) in [5.74, 6) is -1.73. The Hall–Kier alpha value is -2.24. The van der Waals surface area contributed by atoms with Crippen LogP contribution in [0.4, 0.5) is 22.0 Å². The highest BCUT2D eigenvalue weighted by atomic mass is 19.4. The molecule has 0 radical (unpaired) electrons. The molecular formula is C10H5F5N2O2. The second-order valence-electron chi connectivity index (χ2n) is 3.39. The van der Waals surface area contributed by atoms with Crippen molar-refractivity contribution in [2.75, 3.05) is 0 Å². The van der Waals surface area contributed by atoms with Gasteiger partial charge in [-0.1, -0.05) is 0 Å². The first kappa shape index (κ1) is 14.8. The second-order valence-corrected chi connectivity index (χ2v) is 3.39. The van der Waals surface area contributed by atoms with E-state index in [1.54, 1.807) is 0 Å². The lowest BCUT2D eigenvalue weighted by Crippen LogP contribution is -2.18. The van der Waals surface area contributed by atoms with Gasteiger partial charge in [0.25, 0.3) is 6.43 Å². The SMILES string of the molecule is N#Cc1cnc(C(F)(F)F)c(CC(=O)O)c1C(F)F. The molecule has 0 unspecified atom stereocenters. The fourth-order valence-corrected chi connectivity index (χ4v) is 1.48. The molecule has 19 heavy (non-hydrogen) atoms. The van der Waals surface area contributed by atoms with Crippen molar-refractivity contribution < 1.29 is 31.9 Å². The number of hydrogen-bond acceptors (Lipinski definition) is 3. The smallest absolute Gasteiger partial charge is 0.433 e. The third kappa shape index (κ3) is 3.15.